The lowest BCUT2D eigenvalue weighted by molar-refractivity contribution is -0.167. The number of hydrogen-bond acceptors (Lipinski definition) is 6. The fraction of sp³-hybridized carbons (Fsp3) is 0.946. The second-order valence-electron chi connectivity index (χ2n) is 19.9. The maximum Gasteiger partial charge on any atom is 0.306 e. The number of carbonyl (C=O) groups excluding carboxylic acids is 3. The van der Waals surface area contributed by atoms with Crippen molar-refractivity contribution >= 4 is 17.9 Å². The summed E-state index contributed by atoms with van der Waals surface area (Å²) in [6, 6.07) is 0. The molecule has 0 amide bonds. The van der Waals surface area contributed by atoms with Gasteiger partial charge in [0.05, 0.1) is 0 Å². The Bertz CT molecular complexity index is 949. The van der Waals surface area contributed by atoms with Gasteiger partial charge in [-0.3, -0.25) is 14.4 Å². The molecule has 0 N–H and O–H groups in total. The predicted molar refractivity (Wildman–Crippen MR) is 266 cm³/mol. The monoisotopic (exact) mass is 877 g/mol. The molecular weight excluding hydrogens is 769 g/mol. The molecule has 0 radical (unpaired) electrons. The van der Waals surface area contributed by atoms with Gasteiger partial charge in [0.25, 0.3) is 0 Å². The molecule has 0 saturated carbocycles. The molecule has 0 bridgehead atoms. The zero-order valence-electron chi connectivity index (χ0n) is 42.5. The molecule has 368 valence electrons. The van der Waals surface area contributed by atoms with E-state index in [4.69, 9.17) is 14.2 Å². The van der Waals surface area contributed by atoms with Crippen molar-refractivity contribution in [1.29, 1.82) is 0 Å². The minimum atomic E-state index is -0.763. The van der Waals surface area contributed by atoms with Gasteiger partial charge in [-0.1, -0.05) is 272 Å². The van der Waals surface area contributed by atoms with Crippen LogP contribution in [0.15, 0.2) is 0 Å². The Hall–Kier alpha value is -1.59. The van der Waals surface area contributed by atoms with E-state index in [-0.39, 0.29) is 31.1 Å². The Labute approximate surface area is 387 Å². The van der Waals surface area contributed by atoms with Crippen LogP contribution in [0.5, 0.6) is 0 Å². The van der Waals surface area contributed by atoms with Crippen LogP contribution in [0.2, 0.25) is 0 Å². The zero-order chi connectivity index (χ0) is 45.4. The van der Waals surface area contributed by atoms with E-state index in [9.17, 15) is 14.4 Å². The third-order valence-corrected chi connectivity index (χ3v) is 13.1. The van der Waals surface area contributed by atoms with Gasteiger partial charge >= 0.3 is 17.9 Å². The normalized spacial score (nSPS) is 12.5. The summed E-state index contributed by atoms with van der Waals surface area (Å²) >= 11 is 0. The lowest BCUT2D eigenvalue weighted by Crippen LogP contribution is -2.30. The lowest BCUT2D eigenvalue weighted by atomic mass is 9.99. The van der Waals surface area contributed by atoms with Crippen molar-refractivity contribution in [1.82, 2.24) is 0 Å². The summed E-state index contributed by atoms with van der Waals surface area (Å²) in [5.41, 5.74) is 0. The van der Waals surface area contributed by atoms with E-state index in [0.717, 1.165) is 69.6 Å². The number of ether oxygens (including phenoxy) is 3. The van der Waals surface area contributed by atoms with E-state index in [1.165, 1.54) is 199 Å². The second-order valence-corrected chi connectivity index (χ2v) is 19.9. The number of rotatable bonds is 50. The topological polar surface area (TPSA) is 78.9 Å². The number of unbranched alkanes of at least 4 members (excludes halogenated alkanes) is 34. The highest BCUT2D eigenvalue weighted by Crippen LogP contribution is 2.18. The lowest BCUT2D eigenvalue weighted by Gasteiger charge is -2.18. The molecule has 1 unspecified atom stereocenters. The van der Waals surface area contributed by atoms with E-state index in [2.05, 4.69) is 34.6 Å². The predicted octanol–water partition coefficient (Wildman–Crippen LogP) is 18.1. The summed E-state index contributed by atoms with van der Waals surface area (Å²) in [7, 11) is 0. The van der Waals surface area contributed by atoms with E-state index >= 15 is 0 Å². The first-order valence-electron chi connectivity index (χ1n) is 27.8. The highest BCUT2D eigenvalue weighted by molar-refractivity contribution is 5.71. The van der Waals surface area contributed by atoms with E-state index in [1.807, 2.05) is 0 Å². The second kappa shape index (κ2) is 48.9. The van der Waals surface area contributed by atoms with Crippen molar-refractivity contribution in [3.8, 4) is 0 Å². The molecule has 0 fully saturated rings. The molecule has 0 spiro atoms. The molecule has 0 aliphatic carbocycles. The maximum absolute atomic E-state index is 12.8. The quantitative estimate of drug-likeness (QED) is 0.0344. The summed E-state index contributed by atoms with van der Waals surface area (Å²) in [5.74, 6) is 0.827. The largest absolute Gasteiger partial charge is 0.462 e. The third-order valence-electron chi connectivity index (χ3n) is 13.1. The highest BCUT2D eigenvalue weighted by Gasteiger charge is 2.19. The van der Waals surface area contributed by atoms with Gasteiger partial charge in [-0.15, -0.1) is 0 Å². The standard InChI is InChI=1S/C56H108O6/c1-6-8-9-10-11-12-13-14-15-16-17-18-19-22-25-31-36-41-46-54(57)60-49-53(50-61-55(58)47-42-37-32-28-27-30-35-40-45-52(5)7-2)62-56(59)48-43-38-33-26-23-20-21-24-29-34-39-44-51(3)4/h51-53H,6-50H2,1-5H3/t52?,53-/m1/s1. The summed E-state index contributed by atoms with van der Waals surface area (Å²) in [4.78, 5) is 38.0. The van der Waals surface area contributed by atoms with Crippen LogP contribution in [0.1, 0.15) is 311 Å². The van der Waals surface area contributed by atoms with Crippen LogP contribution in [0.4, 0.5) is 0 Å². The molecule has 0 saturated heterocycles. The fourth-order valence-electron chi connectivity index (χ4n) is 8.49. The van der Waals surface area contributed by atoms with E-state index in [0.29, 0.717) is 19.3 Å². The SMILES string of the molecule is CCCCCCCCCCCCCCCCCCCCC(=O)OC[C@H](COC(=O)CCCCCCCCCCC(C)CC)OC(=O)CCCCCCCCCCCCCC(C)C. The number of esters is 3. The van der Waals surface area contributed by atoms with Crippen molar-refractivity contribution < 1.29 is 28.6 Å². The van der Waals surface area contributed by atoms with E-state index < -0.39 is 6.10 Å². The molecule has 2 atom stereocenters. The van der Waals surface area contributed by atoms with Gasteiger partial charge in [0.1, 0.15) is 13.2 Å². The summed E-state index contributed by atoms with van der Waals surface area (Å²) in [5, 5.41) is 0. The molecule has 0 aromatic carbocycles. The molecule has 0 aromatic heterocycles. The molecule has 0 aromatic rings. The van der Waals surface area contributed by atoms with Gasteiger partial charge in [0.15, 0.2) is 6.10 Å². The van der Waals surface area contributed by atoms with Gasteiger partial charge in [-0.05, 0) is 31.1 Å². The van der Waals surface area contributed by atoms with Crippen molar-refractivity contribution in [2.24, 2.45) is 11.8 Å². The van der Waals surface area contributed by atoms with Gasteiger partial charge in [0.2, 0.25) is 0 Å². The van der Waals surface area contributed by atoms with Gasteiger partial charge < -0.3 is 14.2 Å². The minimum Gasteiger partial charge on any atom is -0.462 e. The average Bonchev–Trinajstić information content (AvgIpc) is 3.26. The fourth-order valence-corrected chi connectivity index (χ4v) is 8.49. The van der Waals surface area contributed by atoms with Crippen LogP contribution >= 0.6 is 0 Å². The Kier molecular flexibility index (Phi) is 47.6. The first-order chi connectivity index (χ1) is 30.3. The Morgan fingerprint density at radius 1 is 0.339 bits per heavy atom. The zero-order valence-corrected chi connectivity index (χ0v) is 42.5. The van der Waals surface area contributed by atoms with Crippen LogP contribution in [-0.2, 0) is 28.6 Å². The molecule has 0 aliphatic heterocycles. The van der Waals surface area contributed by atoms with Crippen LogP contribution in [-0.4, -0.2) is 37.2 Å². The Balaban J connectivity index is 4.28. The smallest absolute Gasteiger partial charge is 0.306 e. The van der Waals surface area contributed by atoms with Crippen LogP contribution < -0.4 is 0 Å². The van der Waals surface area contributed by atoms with E-state index in [1.54, 1.807) is 0 Å². The summed E-state index contributed by atoms with van der Waals surface area (Å²) in [6.45, 7) is 11.4. The van der Waals surface area contributed by atoms with Gasteiger partial charge in [-0.25, -0.2) is 0 Å². The van der Waals surface area contributed by atoms with Gasteiger partial charge in [-0.2, -0.15) is 0 Å². The molecule has 0 heterocycles. The Morgan fingerprint density at radius 2 is 0.613 bits per heavy atom. The van der Waals surface area contributed by atoms with Crippen LogP contribution in [0.25, 0.3) is 0 Å². The van der Waals surface area contributed by atoms with Gasteiger partial charge in [0, 0.05) is 19.3 Å². The molecule has 6 nitrogen and oxygen atoms in total. The first-order valence-corrected chi connectivity index (χ1v) is 27.8. The molecular formula is C56H108O6. The van der Waals surface area contributed by atoms with Crippen molar-refractivity contribution in [2.75, 3.05) is 13.2 Å². The molecule has 0 aliphatic rings. The highest BCUT2D eigenvalue weighted by atomic mass is 16.6. The van der Waals surface area contributed by atoms with Crippen LogP contribution in [0.3, 0.4) is 0 Å². The first kappa shape index (κ1) is 60.4. The number of carbonyl (C=O) groups is 3. The van der Waals surface area contributed by atoms with Crippen molar-refractivity contribution in [3.63, 3.8) is 0 Å². The third kappa shape index (κ3) is 47.9. The minimum absolute atomic E-state index is 0.0635. The molecule has 0 rings (SSSR count). The van der Waals surface area contributed by atoms with Crippen molar-refractivity contribution in [3.05, 3.63) is 0 Å². The molecule has 6 heteroatoms. The summed E-state index contributed by atoms with van der Waals surface area (Å²) < 4.78 is 16.9. The van der Waals surface area contributed by atoms with Crippen molar-refractivity contribution in [2.45, 2.75) is 317 Å². The van der Waals surface area contributed by atoms with Crippen LogP contribution in [0, 0.1) is 11.8 Å². The maximum atomic E-state index is 12.8. The average molecular weight is 877 g/mol. The Morgan fingerprint density at radius 3 is 0.919 bits per heavy atom. The molecule has 62 heavy (non-hydrogen) atoms. The number of hydrogen-bond donors (Lipinski definition) is 0. The summed E-state index contributed by atoms with van der Waals surface area (Å²) in [6.07, 6.45) is 50.9.